The van der Waals surface area contributed by atoms with Gasteiger partial charge in [0.25, 0.3) is 0 Å². The lowest BCUT2D eigenvalue weighted by atomic mass is 9.27. The number of piperidine rings is 2. The highest BCUT2D eigenvalue weighted by atomic mass is 16.6. The number of hydrogen-bond donors (Lipinski definition) is 2. The normalized spacial score (nSPS) is 51.7. The smallest absolute Gasteiger partial charge is 0.339 e. The number of aliphatic hydroxyl groups is 1. The summed E-state index contributed by atoms with van der Waals surface area (Å²) in [6.07, 6.45) is 47.9. The number of nitrogens with zero attached hydrogens (tertiary/aromatic N) is 2. The monoisotopic (exact) mass is 1200 g/mol. The highest BCUT2D eigenvalue weighted by molar-refractivity contribution is 6.00. The number of rotatable bonds is 4. The van der Waals surface area contributed by atoms with Crippen LogP contribution >= 0.6 is 0 Å². The Bertz CT molecular complexity index is 3480. The van der Waals surface area contributed by atoms with Crippen LogP contribution in [0.5, 0.6) is 0 Å². The molecule has 8 spiro atoms. The van der Waals surface area contributed by atoms with Gasteiger partial charge in [0.2, 0.25) is 0 Å². The summed E-state index contributed by atoms with van der Waals surface area (Å²) in [5.74, 6) is 14.3. The Labute approximate surface area is 531 Å². The summed E-state index contributed by atoms with van der Waals surface area (Å²) < 4.78 is 15.4. The molecule has 3 N–H and O–H groups in total. The predicted molar refractivity (Wildman–Crippen MR) is 343 cm³/mol. The molecule has 11 bridgehead atoms. The molecule has 0 radical (unpaired) electrons. The minimum absolute atomic E-state index is 0.0840. The van der Waals surface area contributed by atoms with Gasteiger partial charge >= 0.3 is 11.9 Å². The average molecular weight is 1200 g/mol. The quantitative estimate of drug-likeness (QED) is 0.175. The first-order valence-electron chi connectivity index (χ1n) is 38.3. The third kappa shape index (κ3) is 6.19. The van der Waals surface area contributed by atoms with Crippen LogP contribution in [-0.2, 0) is 26.3 Å². The van der Waals surface area contributed by atoms with E-state index in [1.165, 1.54) is 179 Å². The maximum Gasteiger partial charge on any atom is 0.339 e. The van der Waals surface area contributed by atoms with Crippen LogP contribution in [0.2, 0.25) is 0 Å². The topological polar surface area (TPSA) is 105 Å². The molecule has 8 nitrogen and oxygen atoms in total. The Hall–Kier alpha value is -3.80. The standard InChI is InChI=1S/C81H103N3O5/c1-47-37-53-38-51-22-23-56-59-45-84-69(51)60(56)46-83-62(59)19-7-16-55-17-9-32-77(55)33-12-34-78(77)44-54(43-76(78)27-4-5-28-76)63(83)41-64(85)71-79-35-24-57-67(70(53)84)58(47)39-50-21-20-49(52-14-8-29-75(42-52)31-11-30-74(75)25-2-3-26-74)40-65(80(79,68(50)57)73(87)88-71)81(79)61-18-6-13-48(15-10-36-82)66(61)72(86)89-81/h6,13,18,20-21,47,49-52,54-56,58-60,62-63,65,67,69,85H,2-5,8-12,14-15,17,19,22-46,82H2,1H3/b21-20-,71-64+/t47-,49+,50-,51+,52-,54-,55-,56-,58+,59+,60+,62-,63+,65-,67-,69-,75-,77+,78-,79+,80+,81+/m0/s1. The van der Waals surface area contributed by atoms with E-state index in [1.807, 2.05) is 0 Å². The van der Waals surface area contributed by atoms with Gasteiger partial charge in [-0.15, -0.1) is 5.92 Å². The van der Waals surface area contributed by atoms with Crippen molar-refractivity contribution in [2.45, 2.75) is 255 Å². The second-order valence-corrected chi connectivity index (χ2v) is 36.1. The van der Waals surface area contributed by atoms with E-state index in [0.29, 0.717) is 124 Å². The van der Waals surface area contributed by atoms with Gasteiger partial charge < -0.3 is 25.2 Å². The molecule has 0 aromatic heterocycles. The Morgan fingerprint density at radius 3 is 2.40 bits per heavy atom. The molecule has 8 heteroatoms. The molecule has 21 rings (SSSR count). The van der Waals surface area contributed by atoms with Gasteiger partial charge in [0.15, 0.2) is 11.4 Å². The summed E-state index contributed by atoms with van der Waals surface area (Å²) in [6, 6.07) is 7.59. The van der Waals surface area contributed by atoms with Crippen molar-refractivity contribution in [3.05, 3.63) is 81.0 Å². The molecular formula is C81H103N3O5. The van der Waals surface area contributed by atoms with Gasteiger partial charge in [-0.3, -0.25) is 9.69 Å². The van der Waals surface area contributed by atoms with Crippen LogP contribution in [0, 0.1) is 127 Å². The molecule has 3 saturated heterocycles. The maximum atomic E-state index is 17.3. The highest BCUT2D eigenvalue weighted by Crippen LogP contribution is 2.89. The molecule has 0 unspecified atom stereocenters. The third-order valence-electron chi connectivity index (χ3n) is 34.5. The zero-order valence-corrected chi connectivity index (χ0v) is 54.0. The first-order chi connectivity index (χ1) is 43.5. The molecule has 7 heterocycles. The fraction of sp³-hybridized carbons (Fsp3) is 0.778. The van der Waals surface area contributed by atoms with Gasteiger partial charge in [-0.1, -0.05) is 100 Å². The number of aryl methyl sites for hydroxylation is 1. The molecule has 0 amide bonds. The number of aliphatic hydroxyl groups excluding tert-OH is 1. The summed E-state index contributed by atoms with van der Waals surface area (Å²) in [5, 5.41) is 14.6. The molecule has 89 heavy (non-hydrogen) atoms. The minimum atomic E-state index is -1.18. The lowest BCUT2D eigenvalue weighted by Crippen LogP contribution is -2.78. The molecule has 12 fully saturated rings. The van der Waals surface area contributed by atoms with Gasteiger partial charge in [0, 0.05) is 73.1 Å². The van der Waals surface area contributed by atoms with Crippen LogP contribution in [0.4, 0.5) is 0 Å². The Balaban J connectivity index is 0.820. The number of fused-ring (bicyclic) bond motifs is 8. The highest BCUT2D eigenvalue weighted by Gasteiger charge is 2.94. The van der Waals surface area contributed by atoms with Gasteiger partial charge in [0.05, 0.1) is 11.0 Å². The number of esters is 2. The molecule has 13 aliphatic carbocycles. The Morgan fingerprint density at radius 1 is 0.730 bits per heavy atom. The average Bonchev–Trinajstić information content (AvgIpc) is 1.53. The summed E-state index contributed by atoms with van der Waals surface area (Å²) in [6.45, 7) is 5.43. The number of ether oxygens (including phenoxy) is 2. The van der Waals surface area contributed by atoms with E-state index in [1.54, 1.807) is 16.8 Å². The van der Waals surface area contributed by atoms with Gasteiger partial charge in [-0.2, -0.15) is 0 Å². The first-order valence-corrected chi connectivity index (χ1v) is 38.3. The molecule has 9 saturated carbocycles. The predicted octanol–water partition coefficient (Wildman–Crippen LogP) is 16.1. The number of benzene rings is 1. The third-order valence-corrected chi connectivity index (χ3v) is 34.5. The molecule has 1 aromatic carbocycles. The van der Waals surface area contributed by atoms with Crippen LogP contribution in [0.15, 0.2) is 64.3 Å². The van der Waals surface area contributed by atoms with Gasteiger partial charge in [-0.25, -0.2) is 4.79 Å². The van der Waals surface area contributed by atoms with Crippen LogP contribution < -0.4 is 5.73 Å². The molecule has 472 valence electrons. The zero-order valence-electron chi connectivity index (χ0n) is 54.0. The zero-order chi connectivity index (χ0) is 59.0. The van der Waals surface area contributed by atoms with Crippen molar-refractivity contribution >= 4 is 11.9 Å². The van der Waals surface area contributed by atoms with E-state index in [2.05, 4.69) is 58.9 Å². The lowest BCUT2D eigenvalue weighted by molar-refractivity contribution is -0.282. The molecule has 20 aliphatic rings. The van der Waals surface area contributed by atoms with E-state index < -0.39 is 16.4 Å². The van der Waals surface area contributed by atoms with E-state index in [-0.39, 0.29) is 47.1 Å². The number of carbonyl (C=O) groups excluding carboxylic acids is 2. The van der Waals surface area contributed by atoms with Crippen molar-refractivity contribution in [1.29, 1.82) is 0 Å². The van der Waals surface area contributed by atoms with Crippen LogP contribution in [0.1, 0.15) is 247 Å². The number of allylic oxidation sites excluding steroid dienone is 4. The summed E-state index contributed by atoms with van der Waals surface area (Å²) in [7, 11) is 0. The number of nitrogens with two attached hydrogens (primary N) is 1. The van der Waals surface area contributed by atoms with E-state index in [4.69, 9.17) is 15.2 Å². The fourth-order valence-corrected chi connectivity index (χ4v) is 32.3. The molecule has 22 atom stereocenters. The minimum Gasteiger partial charge on any atom is -0.509 e. The van der Waals surface area contributed by atoms with Gasteiger partial charge in [-0.05, 0) is 270 Å². The molecule has 7 aliphatic heterocycles. The van der Waals surface area contributed by atoms with Crippen molar-refractivity contribution in [3.63, 3.8) is 0 Å². The second kappa shape index (κ2) is 18.4. The number of carbonyl (C=O) groups is 2. The summed E-state index contributed by atoms with van der Waals surface area (Å²) in [5.41, 5.74) is 14.0. The van der Waals surface area contributed by atoms with Crippen molar-refractivity contribution in [1.82, 2.24) is 9.80 Å². The number of hydrogen-bond acceptors (Lipinski definition) is 8. The van der Waals surface area contributed by atoms with E-state index in [9.17, 15) is 5.11 Å². The van der Waals surface area contributed by atoms with Crippen LogP contribution in [0.3, 0.4) is 0 Å². The second-order valence-electron chi connectivity index (χ2n) is 36.1. The van der Waals surface area contributed by atoms with E-state index in [0.717, 1.165) is 61.9 Å². The van der Waals surface area contributed by atoms with Crippen LogP contribution in [0.25, 0.3) is 0 Å². The Kier molecular flexibility index (Phi) is 11.3. The van der Waals surface area contributed by atoms with Crippen molar-refractivity contribution in [2.75, 3.05) is 19.6 Å². The SMILES string of the molecule is C[C@H]1CC2=C3[C@H]4C5=C6[C@@H](/C=C\[C@@H]([C@H]7CCC[C@]8(CCCC89CCCC9)C7)C[C@H]7[C@]68C(=O)O/C(=C(/O)C[C@@H]6[C@H]9CC%10(CCCC%10)[C@]%10(CCC[C@@]%10%11CCC[C@@H]%11C#CC[C@H]%10[C@@H]%11CN3[C@H]3[C@H](CC[C@@H]%11[C@H]3CN6%10)C2)C9)[C@@]8(CC5)[C@]72OC(=O)c3c(CCCN)cccc32)C[C@@H]41. The molecular weight excluding hydrogens is 1090 g/mol. The fourth-order valence-electron chi connectivity index (χ4n) is 32.3. The van der Waals surface area contributed by atoms with Crippen molar-refractivity contribution < 1.29 is 24.2 Å². The van der Waals surface area contributed by atoms with Crippen LogP contribution in [-0.4, -0.2) is 64.6 Å². The molecule has 1 aromatic rings. The Morgan fingerprint density at radius 2 is 1.53 bits per heavy atom. The summed E-state index contributed by atoms with van der Waals surface area (Å²) >= 11 is 0. The first kappa shape index (κ1) is 54.6. The largest absolute Gasteiger partial charge is 0.509 e. The lowest BCUT2D eigenvalue weighted by Gasteiger charge is -2.73. The summed E-state index contributed by atoms with van der Waals surface area (Å²) in [4.78, 5) is 39.5. The van der Waals surface area contributed by atoms with Crippen molar-refractivity contribution in [2.24, 2.45) is 121 Å². The van der Waals surface area contributed by atoms with E-state index >= 15 is 9.59 Å². The van der Waals surface area contributed by atoms with Gasteiger partial charge in [0.1, 0.15) is 11.2 Å². The van der Waals surface area contributed by atoms with Crippen molar-refractivity contribution in [3.8, 4) is 11.8 Å². The maximum absolute atomic E-state index is 17.3.